The van der Waals surface area contributed by atoms with Gasteiger partial charge >= 0.3 is 0 Å². The standard InChI is InChI=1S/C20H27N5O5S/c1-4-21-20(24(2)15-16-8-5-6-11-19(16)30-3)22-12-13-23-31(28,29)18-10-7-9-17(14-18)25(26)27/h5-11,14,23H,4,12-13,15H2,1-3H3,(H,21,22). The molecule has 2 aromatic rings. The minimum atomic E-state index is -3.88. The molecule has 0 aliphatic rings. The lowest BCUT2D eigenvalue weighted by Gasteiger charge is -2.23. The summed E-state index contributed by atoms with van der Waals surface area (Å²) >= 11 is 0. The molecular formula is C20H27N5O5S. The van der Waals surface area contributed by atoms with Crippen molar-refractivity contribution >= 4 is 21.7 Å². The Morgan fingerprint density at radius 2 is 1.97 bits per heavy atom. The van der Waals surface area contributed by atoms with Crippen LogP contribution in [-0.4, -0.2) is 58.0 Å². The molecule has 168 valence electrons. The van der Waals surface area contributed by atoms with Crippen LogP contribution in [0, 0.1) is 10.1 Å². The van der Waals surface area contributed by atoms with Gasteiger partial charge in [-0.15, -0.1) is 0 Å². The Balaban J connectivity index is 2.02. The molecule has 0 aliphatic carbocycles. The van der Waals surface area contributed by atoms with E-state index in [1.807, 2.05) is 43.1 Å². The fourth-order valence-corrected chi connectivity index (χ4v) is 3.88. The van der Waals surface area contributed by atoms with E-state index >= 15 is 0 Å². The number of non-ortho nitro benzene ring substituents is 1. The van der Waals surface area contributed by atoms with Gasteiger partial charge in [0.2, 0.25) is 10.0 Å². The molecule has 31 heavy (non-hydrogen) atoms. The molecule has 0 radical (unpaired) electrons. The number of ether oxygens (including phenoxy) is 1. The molecule has 0 saturated heterocycles. The van der Waals surface area contributed by atoms with Crippen LogP contribution in [0.15, 0.2) is 58.4 Å². The second-order valence-corrected chi connectivity index (χ2v) is 8.32. The molecule has 0 saturated carbocycles. The zero-order valence-electron chi connectivity index (χ0n) is 17.7. The zero-order chi connectivity index (χ0) is 22.9. The van der Waals surface area contributed by atoms with Crippen molar-refractivity contribution in [2.24, 2.45) is 4.99 Å². The van der Waals surface area contributed by atoms with E-state index in [0.29, 0.717) is 19.0 Å². The number of nitro benzene ring substituents is 1. The highest BCUT2D eigenvalue weighted by molar-refractivity contribution is 7.89. The van der Waals surface area contributed by atoms with Crippen LogP contribution in [0.5, 0.6) is 5.75 Å². The van der Waals surface area contributed by atoms with Gasteiger partial charge in [-0.2, -0.15) is 0 Å². The summed E-state index contributed by atoms with van der Waals surface area (Å²) in [6.45, 7) is 3.37. The number of para-hydroxylation sites is 1. The number of rotatable bonds is 10. The summed E-state index contributed by atoms with van der Waals surface area (Å²) < 4.78 is 32.6. The molecule has 0 bridgehead atoms. The molecule has 0 amide bonds. The Bertz CT molecular complexity index is 1030. The summed E-state index contributed by atoms with van der Waals surface area (Å²) in [5.41, 5.74) is 0.706. The molecule has 11 heteroatoms. The maximum atomic E-state index is 12.4. The van der Waals surface area contributed by atoms with Gasteiger partial charge in [0.1, 0.15) is 5.75 Å². The zero-order valence-corrected chi connectivity index (χ0v) is 18.6. The molecule has 2 aromatic carbocycles. The highest BCUT2D eigenvalue weighted by atomic mass is 32.2. The number of hydrogen-bond acceptors (Lipinski definition) is 6. The first-order valence-corrected chi connectivity index (χ1v) is 11.1. The Hall–Kier alpha value is -3.18. The van der Waals surface area contributed by atoms with Gasteiger partial charge in [0.05, 0.1) is 23.5 Å². The summed E-state index contributed by atoms with van der Waals surface area (Å²) in [6.07, 6.45) is 0. The summed E-state index contributed by atoms with van der Waals surface area (Å²) in [7, 11) is -0.386. The van der Waals surface area contributed by atoms with Gasteiger partial charge in [0.25, 0.3) is 5.69 Å². The van der Waals surface area contributed by atoms with E-state index in [9.17, 15) is 18.5 Å². The van der Waals surface area contributed by atoms with Crippen molar-refractivity contribution in [1.82, 2.24) is 14.9 Å². The molecule has 0 unspecified atom stereocenters. The molecule has 0 aliphatic heterocycles. The van der Waals surface area contributed by atoms with Gasteiger partial charge in [-0.3, -0.25) is 15.1 Å². The predicted molar refractivity (Wildman–Crippen MR) is 119 cm³/mol. The van der Waals surface area contributed by atoms with Gasteiger partial charge in [0, 0.05) is 44.4 Å². The average molecular weight is 450 g/mol. The normalized spacial score (nSPS) is 11.8. The Labute approximate surface area is 182 Å². The van der Waals surface area contributed by atoms with Crippen molar-refractivity contribution < 1.29 is 18.1 Å². The lowest BCUT2D eigenvalue weighted by Crippen LogP contribution is -2.39. The number of aliphatic imine (C=N–C) groups is 1. The number of benzene rings is 2. The smallest absolute Gasteiger partial charge is 0.270 e. The van der Waals surface area contributed by atoms with Gasteiger partial charge in [-0.05, 0) is 19.1 Å². The lowest BCUT2D eigenvalue weighted by molar-refractivity contribution is -0.385. The van der Waals surface area contributed by atoms with Crippen molar-refractivity contribution in [2.45, 2.75) is 18.4 Å². The lowest BCUT2D eigenvalue weighted by atomic mass is 10.2. The fourth-order valence-electron chi connectivity index (χ4n) is 2.82. The molecular weight excluding hydrogens is 422 g/mol. The highest BCUT2D eigenvalue weighted by Gasteiger charge is 2.17. The number of hydrogen-bond donors (Lipinski definition) is 2. The third kappa shape index (κ3) is 6.93. The topological polar surface area (TPSA) is 126 Å². The largest absolute Gasteiger partial charge is 0.496 e. The van der Waals surface area contributed by atoms with E-state index in [-0.39, 0.29) is 23.7 Å². The first kappa shape index (κ1) is 24.1. The van der Waals surface area contributed by atoms with Crippen LogP contribution in [0.2, 0.25) is 0 Å². The fraction of sp³-hybridized carbons (Fsp3) is 0.350. The van der Waals surface area contributed by atoms with Crippen LogP contribution in [0.4, 0.5) is 5.69 Å². The number of methoxy groups -OCH3 is 1. The van der Waals surface area contributed by atoms with Gasteiger partial charge < -0.3 is 15.0 Å². The molecule has 0 spiro atoms. The summed E-state index contributed by atoms with van der Waals surface area (Å²) in [5, 5.41) is 14.0. The number of nitrogens with one attached hydrogen (secondary N) is 2. The van der Waals surface area contributed by atoms with E-state index in [4.69, 9.17) is 4.74 Å². The average Bonchev–Trinajstić information content (AvgIpc) is 2.76. The number of guanidine groups is 1. The van der Waals surface area contributed by atoms with Gasteiger partial charge in [0.15, 0.2) is 5.96 Å². The maximum absolute atomic E-state index is 12.4. The monoisotopic (exact) mass is 449 g/mol. The minimum Gasteiger partial charge on any atom is -0.496 e. The Kier molecular flexibility index (Phi) is 8.76. The van der Waals surface area contributed by atoms with E-state index < -0.39 is 14.9 Å². The molecule has 0 atom stereocenters. The van der Waals surface area contributed by atoms with Crippen LogP contribution in [-0.2, 0) is 16.6 Å². The van der Waals surface area contributed by atoms with Crippen molar-refractivity contribution in [2.75, 3.05) is 33.8 Å². The molecule has 0 fully saturated rings. The minimum absolute atomic E-state index is 0.0441. The Morgan fingerprint density at radius 1 is 1.23 bits per heavy atom. The van der Waals surface area contributed by atoms with Crippen molar-refractivity contribution in [3.05, 3.63) is 64.2 Å². The molecule has 10 nitrogen and oxygen atoms in total. The van der Waals surface area contributed by atoms with E-state index in [2.05, 4.69) is 15.0 Å². The van der Waals surface area contributed by atoms with Gasteiger partial charge in [-0.1, -0.05) is 24.3 Å². The van der Waals surface area contributed by atoms with E-state index in [1.165, 1.54) is 18.2 Å². The maximum Gasteiger partial charge on any atom is 0.270 e. The SMILES string of the molecule is CCNC(=NCCNS(=O)(=O)c1cccc([N+](=O)[O-])c1)N(C)Cc1ccccc1OC. The number of sulfonamides is 1. The van der Waals surface area contributed by atoms with Crippen molar-refractivity contribution in [3.63, 3.8) is 0 Å². The van der Waals surface area contributed by atoms with Crippen LogP contribution in [0.3, 0.4) is 0 Å². The number of nitrogens with zero attached hydrogens (tertiary/aromatic N) is 3. The van der Waals surface area contributed by atoms with Crippen LogP contribution >= 0.6 is 0 Å². The highest BCUT2D eigenvalue weighted by Crippen LogP contribution is 2.19. The third-order valence-corrected chi connectivity index (χ3v) is 5.76. The summed E-state index contributed by atoms with van der Waals surface area (Å²) in [6, 6.07) is 12.6. The molecule has 0 aromatic heterocycles. The predicted octanol–water partition coefficient (Wildman–Crippen LogP) is 1.98. The molecule has 2 rings (SSSR count). The third-order valence-electron chi connectivity index (χ3n) is 4.30. The van der Waals surface area contributed by atoms with E-state index in [1.54, 1.807) is 7.11 Å². The second-order valence-electron chi connectivity index (χ2n) is 6.56. The Morgan fingerprint density at radius 3 is 2.65 bits per heavy atom. The molecule has 2 N–H and O–H groups in total. The van der Waals surface area contributed by atoms with E-state index in [0.717, 1.165) is 17.4 Å². The van der Waals surface area contributed by atoms with Crippen molar-refractivity contribution in [3.8, 4) is 5.75 Å². The number of nitro groups is 1. The summed E-state index contributed by atoms with van der Waals surface area (Å²) in [4.78, 5) is 16.4. The summed E-state index contributed by atoms with van der Waals surface area (Å²) in [5.74, 6) is 1.39. The van der Waals surface area contributed by atoms with Gasteiger partial charge in [-0.25, -0.2) is 13.1 Å². The van der Waals surface area contributed by atoms with Crippen LogP contribution < -0.4 is 14.8 Å². The first-order chi connectivity index (χ1) is 14.8. The van der Waals surface area contributed by atoms with Crippen LogP contribution in [0.25, 0.3) is 0 Å². The molecule has 0 heterocycles. The first-order valence-electron chi connectivity index (χ1n) is 9.64. The second kappa shape index (κ2) is 11.3. The van der Waals surface area contributed by atoms with Crippen LogP contribution in [0.1, 0.15) is 12.5 Å². The quantitative estimate of drug-likeness (QED) is 0.187. The van der Waals surface area contributed by atoms with Crippen molar-refractivity contribution in [1.29, 1.82) is 0 Å².